The molecule has 0 unspecified atom stereocenters. The van der Waals surface area contributed by atoms with Crippen LogP contribution in [-0.2, 0) is 11.8 Å². The molecular formula is C11H13N5O2. The highest BCUT2D eigenvalue weighted by Gasteiger charge is 2.11. The second-order valence-electron chi connectivity index (χ2n) is 3.74. The largest absolute Gasteiger partial charge is 0.463 e. The van der Waals surface area contributed by atoms with E-state index in [0.717, 1.165) is 5.69 Å². The Morgan fingerprint density at radius 1 is 1.44 bits per heavy atom. The molecular weight excluding hydrogens is 234 g/mol. The number of carbonyl (C=O) groups is 1. The van der Waals surface area contributed by atoms with Gasteiger partial charge in [0.15, 0.2) is 0 Å². The molecule has 0 aliphatic rings. The fourth-order valence-electron chi connectivity index (χ4n) is 1.45. The summed E-state index contributed by atoms with van der Waals surface area (Å²) < 4.78 is 6.26. The van der Waals surface area contributed by atoms with Gasteiger partial charge in [-0.2, -0.15) is 5.10 Å². The van der Waals surface area contributed by atoms with Gasteiger partial charge in [-0.25, -0.2) is 14.8 Å². The number of carbonyl (C=O) groups excluding carboxylic acids is 1. The summed E-state index contributed by atoms with van der Waals surface area (Å²) in [5, 5.41) is 7.07. The molecule has 0 saturated carbocycles. The van der Waals surface area contributed by atoms with Crippen molar-refractivity contribution in [2.24, 2.45) is 7.05 Å². The number of methoxy groups -OCH3 is 1. The van der Waals surface area contributed by atoms with E-state index in [-0.39, 0.29) is 5.82 Å². The van der Waals surface area contributed by atoms with E-state index in [1.807, 2.05) is 7.05 Å². The van der Waals surface area contributed by atoms with Crippen molar-refractivity contribution in [2.75, 3.05) is 12.4 Å². The molecule has 7 nitrogen and oxygen atoms in total. The summed E-state index contributed by atoms with van der Waals surface area (Å²) in [6.45, 7) is 1.78. The Morgan fingerprint density at radius 2 is 2.22 bits per heavy atom. The molecule has 0 spiro atoms. The van der Waals surface area contributed by atoms with Gasteiger partial charge < -0.3 is 10.1 Å². The van der Waals surface area contributed by atoms with Gasteiger partial charge in [-0.05, 0) is 6.92 Å². The maximum atomic E-state index is 11.4. The summed E-state index contributed by atoms with van der Waals surface area (Å²) in [6, 6.07) is 1.74. The summed E-state index contributed by atoms with van der Waals surface area (Å²) in [5.74, 6) is -0.00673. The van der Waals surface area contributed by atoms with Gasteiger partial charge in [-0.1, -0.05) is 0 Å². The lowest BCUT2D eigenvalue weighted by Gasteiger charge is -2.05. The van der Waals surface area contributed by atoms with Crippen LogP contribution in [0.1, 0.15) is 16.3 Å². The van der Waals surface area contributed by atoms with Crippen molar-refractivity contribution in [1.29, 1.82) is 0 Å². The minimum absolute atomic E-state index is 0.0314. The first kappa shape index (κ1) is 12.0. The third-order valence-electron chi connectivity index (χ3n) is 2.20. The van der Waals surface area contributed by atoms with Crippen LogP contribution in [0.2, 0.25) is 0 Å². The predicted octanol–water partition coefficient (Wildman–Crippen LogP) is 1.05. The third-order valence-corrected chi connectivity index (χ3v) is 2.20. The molecule has 0 amide bonds. The van der Waals surface area contributed by atoms with Crippen LogP contribution in [0.4, 0.5) is 11.5 Å². The zero-order valence-electron chi connectivity index (χ0n) is 10.3. The van der Waals surface area contributed by atoms with E-state index in [1.54, 1.807) is 30.1 Å². The molecule has 1 N–H and O–H groups in total. The van der Waals surface area contributed by atoms with Crippen molar-refractivity contribution in [2.45, 2.75) is 6.92 Å². The van der Waals surface area contributed by atoms with Crippen LogP contribution >= 0.6 is 0 Å². The monoisotopic (exact) mass is 247 g/mol. The van der Waals surface area contributed by atoms with E-state index >= 15 is 0 Å². The van der Waals surface area contributed by atoms with Crippen LogP contribution in [-0.4, -0.2) is 32.8 Å². The van der Waals surface area contributed by atoms with E-state index in [1.165, 1.54) is 7.11 Å². The fraction of sp³-hybridized carbons (Fsp3) is 0.273. The first-order valence-corrected chi connectivity index (χ1v) is 5.28. The number of nitrogens with one attached hydrogen (secondary N) is 1. The maximum absolute atomic E-state index is 11.4. The van der Waals surface area contributed by atoms with Crippen LogP contribution < -0.4 is 5.32 Å². The molecule has 0 radical (unpaired) electrons. The summed E-state index contributed by atoms with van der Waals surface area (Å²) in [4.78, 5) is 19.5. The number of anilines is 2. The number of rotatable bonds is 3. The molecule has 0 atom stereocenters. The summed E-state index contributed by atoms with van der Waals surface area (Å²) in [6.07, 6.45) is 3.46. The van der Waals surface area contributed by atoms with Gasteiger partial charge in [0.2, 0.25) is 5.82 Å². The van der Waals surface area contributed by atoms with Crippen molar-refractivity contribution in [3.05, 3.63) is 30.0 Å². The molecule has 0 aliphatic carbocycles. The lowest BCUT2D eigenvalue weighted by Crippen LogP contribution is -2.09. The minimum Gasteiger partial charge on any atom is -0.463 e. The van der Waals surface area contributed by atoms with Gasteiger partial charge in [-0.15, -0.1) is 0 Å². The maximum Gasteiger partial charge on any atom is 0.376 e. The molecule has 0 aliphatic heterocycles. The first-order valence-electron chi connectivity index (χ1n) is 5.28. The summed E-state index contributed by atoms with van der Waals surface area (Å²) >= 11 is 0. The number of hydrogen-bond donors (Lipinski definition) is 1. The van der Waals surface area contributed by atoms with Gasteiger partial charge in [0.25, 0.3) is 0 Å². The number of esters is 1. The van der Waals surface area contributed by atoms with Crippen molar-refractivity contribution >= 4 is 17.5 Å². The molecule has 0 fully saturated rings. The van der Waals surface area contributed by atoms with Crippen LogP contribution in [0, 0.1) is 6.92 Å². The number of aromatic nitrogens is 4. The van der Waals surface area contributed by atoms with Gasteiger partial charge >= 0.3 is 5.97 Å². The number of ether oxygens (including phenoxy) is 1. The van der Waals surface area contributed by atoms with Crippen molar-refractivity contribution in [3.63, 3.8) is 0 Å². The molecule has 94 valence electrons. The third kappa shape index (κ3) is 2.62. The number of aryl methyl sites for hydroxylation is 2. The summed E-state index contributed by atoms with van der Waals surface area (Å²) in [7, 11) is 3.11. The molecule has 7 heteroatoms. The second kappa shape index (κ2) is 4.82. The normalized spacial score (nSPS) is 10.2. The zero-order valence-corrected chi connectivity index (χ0v) is 10.3. The van der Waals surface area contributed by atoms with Crippen LogP contribution in [0.15, 0.2) is 18.5 Å². The second-order valence-corrected chi connectivity index (χ2v) is 3.74. The fourth-order valence-corrected chi connectivity index (χ4v) is 1.45. The smallest absolute Gasteiger partial charge is 0.376 e. The van der Waals surface area contributed by atoms with Gasteiger partial charge in [-0.3, -0.25) is 4.68 Å². The molecule has 2 rings (SSSR count). The Balaban J connectivity index is 2.28. The van der Waals surface area contributed by atoms with Crippen LogP contribution in [0.5, 0.6) is 0 Å². The zero-order chi connectivity index (χ0) is 13.1. The molecule has 2 heterocycles. The topological polar surface area (TPSA) is 81.9 Å². The van der Waals surface area contributed by atoms with Crippen LogP contribution in [0.25, 0.3) is 0 Å². The van der Waals surface area contributed by atoms with Gasteiger partial charge in [0.1, 0.15) is 5.82 Å². The quantitative estimate of drug-likeness (QED) is 0.816. The lowest BCUT2D eigenvalue weighted by atomic mass is 10.4. The Bertz CT molecular complexity index is 579. The molecule has 0 bridgehead atoms. The highest BCUT2D eigenvalue weighted by Crippen LogP contribution is 2.14. The Labute approximate surface area is 104 Å². The molecule has 0 saturated heterocycles. The van der Waals surface area contributed by atoms with Crippen molar-refractivity contribution in [3.8, 4) is 0 Å². The Kier molecular flexibility index (Phi) is 3.22. The van der Waals surface area contributed by atoms with Crippen LogP contribution in [0.3, 0.4) is 0 Å². The van der Waals surface area contributed by atoms with E-state index in [9.17, 15) is 4.79 Å². The Hall–Kier alpha value is -2.44. The van der Waals surface area contributed by atoms with E-state index in [0.29, 0.717) is 11.5 Å². The Morgan fingerprint density at radius 3 is 2.83 bits per heavy atom. The molecule has 18 heavy (non-hydrogen) atoms. The highest BCUT2D eigenvalue weighted by molar-refractivity contribution is 5.85. The van der Waals surface area contributed by atoms with Crippen molar-refractivity contribution in [1.82, 2.24) is 19.7 Å². The van der Waals surface area contributed by atoms with Crippen molar-refractivity contribution < 1.29 is 9.53 Å². The SMILES string of the molecule is COC(=O)c1nc(C)cc(Nc2cnn(C)c2)n1. The van der Waals surface area contributed by atoms with Gasteiger partial charge in [0, 0.05) is 25.0 Å². The lowest BCUT2D eigenvalue weighted by molar-refractivity contribution is 0.0586. The average Bonchev–Trinajstić information content (AvgIpc) is 2.73. The average molecular weight is 247 g/mol. The summed E-state index contributed by atoms with van der Waals surface area (Å²) in [5.41, 5.74) is 1.46. The van der Waals surface area contributed by atoms with E-state index in [2.05, 4.69) is 25.1 Å². The highest BCUT2D eigenvalue weighted by atomic mass is 16.5. The number of hydrogen-bond acceptors (Lipinski definition) is 6. The predicted molar refractivity (Wildman–Crippen MR) is 64.6 cm³/mol. The standard InChI is InChI=1S/C11H13N5O2/c1-7-4-9(14-8-5-12-16(2)6-8)15-10(13-7)11(17)18-3/h4-6H,1-3H3,(H,13,14,15). The van der Waals surface area contributed by atoms with E-state index < -0.39 is 5.97 Å². The molecule has 2 aromatic rings. The number of nitrogens with zero attached hydrogens (tertiary/aromatic N) is 4. The minimum atomic E-state index is -0.562. The van der Waals surface area contributed by atoms with E-state index in [4.69, 9.17) is 0 Å². The van der Waals surface area contributed by atoms with Gasteiger partial charge in [0.05, 0.1) is 19.0 Å². The molecule has 2 aromatic heterocycles. The first-order chi connectivity index (χ1) is 8.58. The molecule has 0 aromatic carbocycles.